The summed E-state index contributed by atoms with van der Waals surface area (Å²) in [5, 5.41) is 8.43. The third-order valence-electron chi connectivity index (χ3n) is 1.61. The molecule has 1 aromatic heterocycles. The van der Waals surface area contributed by atoms with E-state index in [2.05, 4.69) is 16.0 Å². The van der Waals surface area contributed by atoms with Crippen LogP contribution >= 0.6 is 0 Å². The number of nitrogens with zero attached hydrogens (tertiary/aromatic N) is 4. The topological polar surface area (TPSA) is 52.8 Å². The monoisotopic (exact) mass is 176 g/mol. The number of hydrogen-bond donors (Lipinski definition) is 0. The van der Waals surface area contributed by atoms with Crippen LogP contribution < -0.4 is 0 Å². The molecule has 1 heterocycles. The van der Waals surface area contributed by atoms with Crippen LogP contribution in [-0.2, 0) is 6.54 Å². The summed E-state index contributed by atoms with van der Waals surface area (Å²) in [6, 6.07) is 2.08. The normalized spacial score (nSPS) is 10.0. The molecular weight excluding hydrogens is 164 g/mol. The maximum atomic E-state index is 8.43. The van der Waals surface area contributed by atoms with Gasteiger partial charge in [-0.3, -0.25) is 14.9 Å². The van der Waals surface area contributed by atoms with E-state index < -0.39 is 0 Å². The average Bonchev–Trinajstić information content (AvgIpc) is 2.09. The highest BCUT2D eigenvalue weighted by Crippen LogP contribution is 1.97. The molecule has 0 amide bonds. The molecular formula is C9H12N4. The summed E-state index contributed by atoms with van der Waals surface area (Å²) in [6.07, 6.45) is 3.47. The van der Waals surface area contributed by atoms with Crippen molar-refractivity contribution in [1.82, 2.24) is 14.9 Å². The molecule has 4 heteroatoms. The molecule has 0 aromatic carbocycles. The highest BCUT2D eigenvalue weighted by Gasteiger charge is 2.00. The standard InChI is InChI=1S/C9H12N4/c1-8-5-12-9(6-11-8)7-13(2)4-3-10/h5-6H,4,7H2,1-2H3. The van der Waals surface area contributed by atoms with Gasteiger partial charge in [0.15, 0.2) is 0 Å². The molecule has 0 bridgehead atoms. The maximum Gasteiger partial charge on any atom is 0.0866 e. The van der Waals surface area contributed by atoms with Crippen LogP contribution in [0.25, 0.3) is 0 Å². The van der Waals surface area contributed by atoms with Crippen LogP contribution in [0.1, 0.15) is 11.4 Å². The molecule has 0 atom stereocenters. The van der Waals surface area contributed by atoms with E-state index in [0.29, 0.717) is 13.1 Å². The summed E-state index contributed by atoms with van der Waals surface area (Å²) < 4.78 is 0. The maximum absolute atomic E-state index is 8.43. The molecule has 68 valence electrons. The van der Waals surface area contributed by atoms with Crippen molar-refractivity contribution < 1.29 is 0 Å². The second-order valence-electron chi connectivity index (χ2n) is 2.98. The molecule has 0 saturated carbocycles. The fraction of sp³-hybridized carbons (Fsp3) is 0.444. The zero-order chi connectivity index (χ0) is 9.68. The Kier molecular flexibility index (Phi) is 3.35. The van der Waals surface area contributed by atoms with Gasteiger partial charge in [0.05, 0.1) is 24.0 Å². The Balaban J connectivity index is 2.55. The van der Waals surface area contributed by atoms with Gasteiger partial charge >= 0.3 is 0 Å². The summed E-state index contributed by atoms with van der Waals surface area (Å²) in [5.74, 6) is 0. The van der Waals surface area contributed by atoms with Crippen molar-refractivity contribution in [3.63, 3.8) is 0 Å². The minimum absolute atomic E-state index is 0.412. The van der Waals surface area contributed by atoms with Crippen molar-refractivity contribution in [1.29, 1.82) is 5.26 Å². The summed E-state index contributed by atoms with van der Waals surface area (Å²) in [7, 11) is 1.88. The van der Waals surface area contributed by atoms with Crippen LogP contribution in [0.2, 0.25) is 0 Å². The van der Waals surface area contributed by atoms with Crippen LogP contribution in [0.5, 0.6) is 0 Å². The third kappa shape index (κ3) is 3.18. The van der Waals surface area contributed by atoms with Gasteiger partial charge < -0.3 is 0 Å². The molecule has 1 aromatic rings. The number of nitriles is 1. The fourth-order valence-corrected chi connectivity index (χ4v) is 0.954. The summed E-state index contributed by atoms with van der Waals surface area (Å²) >= 11 is 0. The average molecular weight is 176 g/mol. The molecule has 0 aliphatic rings. The molecule has 0 saturated heterocycles. The number of aromatic nitrogens is 2. The van der Waals surface area contributed by atoms with E-state index >= 15 is 0 Å². The Bertz CT molecular complexity index is 298. The molecule has 0 N–H and O–H groups in total. The van der Waals surface area contributed by atoms with E-state index in [4.69, 9.17) is 5.26 Å². The van der Waals surface area contributed by atoms with Crippen molar-refractivity contribution in [2.45, 2.75) is 13.5 Å². The zero-order valence-electron chi connectivity index (χ0n) is 7.86. The Labute approximate surface area is 77.8 Å². The van der Waals surface area contributed by atoms with Gasteiger partial charge in [0.2, 0.25) is 0 Å². The van der Waals surface area contributed by atoms with Gasteiger partial charge in [-0.05, 0) is 14.0 Å². The first kappa shape index (κ1) is 9.62. The van der Waals surface area contributed by atoms with Gasteiger partial charge in [-0.25, -0.2) is 0 Å². The molecule has 0 aliphatic carbocycles. The van der Waals surface area contributed by atoms with E-state index in [1.165, 1.54) is 0 Å². The second kappa shape index (κ2) is 4.53. The predicted molar refractivity (Wildman–Crippen MR) is 48.7 cm³/mol. The molecule has 1 rings (SSSR count). The van der Waals surface area contributed by atoms with E-state index in [-0.39, 0.29) is 0 Å². The Morgan fingerprint density at radius 1 is 1.46 bits per heavy atom. The van der Waals surface area contributed by atoms with E-state index in [9.17, 15) is 0 Å². The molecule has 0 fully saturated rings. The van der Waals surface area contributed by atoms with E-state index in [1.807, 2.05) is 18.9 Å². The minimum atomic E-state index is 0.412. The zero-order valence-corrected chi connectivity index (χ0v) is 7.86. The number of aryl methyl sites for hydroxylation is 1. The highest BCUT2D eigenvalue weighted by atomic mass is 15.1. The van der Waals surface area contributed by atoms with Gasteiger partial charge in [0.1, 0.15) is 0 Å². The highest BCUT2D eigenvalue weighted by molar-refractivity contribution is 5.00. The lowest BCUT2D eigenvalue weighted by Gasteiger charge is -2.10. The summed E-state index contributed by atoms with van der Waals surface area (Å²) in [6.45, 7) is 2.98. The van der Waals surface area contributed by atoms with Gasteiger partial charge in [0, 0.05) is 18.9 Å². The first-order valence-corrected chi connectivity index (χ1v) is 4.05. The minimum Gasteiger partial charge on any atom is -0.288 e. The van der Waals surface area contributed by atoms with Crippen molar-refractivity contribution in [2.24, 2.45) is 0 Å². The molecule has 0 aliphatic heterocycles. The fourth-order valence-electron chi connectivity index (χ4n) is 0.954. The van der Waals surface area contributed by atoms with Gasteiger partial charge in [-0.15, -0.1) is 0 Å². The number of rotatable bonds is 3. The van der Waals surface area contributed by atoms with E-state index in [1.54, 1.807) is 12.4 Å². The molecule has 4 nitrogen and oxygen atoms in total. The first-order chi connectivity index (χ1) is 6.22. The van der Waals surface area contributed by atoms with Crippen LogP contribution in [0.3, 0.4) is 0 Å². The number of hydrogen-bond acceptors (Lipinski definition) is 4. The van der Waals surface area contributed by atoms with Crippen LogP contribution in [-0.4, -0.2) is 28.5 Å². The molecule has 0 spiro atoms. The Morgan fingerprint density at radius 2 is 2.23 bits per heavy atom. The third-order valence-corrected chi connectivity index (χ3v) is 1.61. The lowest BCUT2D eigenvalue weighted by Crippen LogP contribution is -2.18. The van der Waals surface area contributed by atoms with Gasteiger partial charge in [-0.1, -0.05) is 0 Å². The second-order valence-corrected chi connectivity index (χ2v) is 2.98. The van der Waals surface area contributed by atoms with Crippen LogP contribution in [0, 0.1) is 18.3 Å². The van der Waals surface area contributed by atoms with Crippen molar-refractivity contribution in [3.8, 4) is 6.07 Å². The van der Waals surface area contributed by atoms with Crippen LogP contribution in [0.4, 0.5) is 0 Å². The summed E-state index contributed by atoms with van der Waals surface area (Å²) in [4.78, 5) is 10.2. The lowest BCUT2D eigenvalue weighted by atomic mass is 10.4. The summed E-state index contributed by atoms with van der Waals surface area (Å²) in [5.41, 5.74) is 1.80. The van der Waals surface area contributed by atoms with Crippen molar-refractivity contribution >= 4 is 0 Å². The molecule has 13 heavy (non-hydrogen) atoms. The predicted octanol–water partition coefficient (Wildman–Crippen LogP) is 0.740. The molecule has 0 unspecified atom stereocenters. The van der Waals surface area contributed by atoms with Gasteiger partial charge in [0.25, 0.3) is 0 Å². The van der Waals surface area contributed by atoms with Gasteiger partial charge in [-0.2, -0.15) is 5.26 Å². The lowest BCUT2D eigenvalue weighted by molar-refractivity contribution is 0.362. The first-order valence-electron chi connectivity index (χ1n) is 4.05. The van der Waals surface area contributed by atoms with Crippen LogP contribution in [0.15, 0.2) is 12.4 Å². The Morgan fingerprint density at radius 3 is 2.77 bits per heavy atom. The largest absolute Gasteiger partial charge is 0.288 e. The van der Waals surface area contributed by atoms with Crippen molar-refractivity contribution in [3.05, 3.63) is 23.8 Å². The van der Waals surface area contributed by atoms with Crippen molar-refractivity contribution in [2.75, 3.05) is 13.6 Å². The quantitative estimate of drug-likeness (QED) is 0.637. The van der Waals surface area contributed by atoms with E-state index in [0.717, 1.165) is 11.4 Å². The SMILES string of the molecule is Cc1cnc(CN(C)CC#N)cn1. The molecule has 0 radical (unpaired) electrons. The Hall–Kier alpha value is -1.47. The smallest absolute Gasteiger partial charge is 0.0866 e.